The van der Waals surface area contributed by atoms with Crippen LogP contribution < -0.4 is 10.6 Å². The van der Waals surface area contributed by atoms with Crippen molar-refractivity contribution < 1.29 is 18.8 Å². The first-order valence-corrected chi connectivity index (χ1v) is 7.77. The van der Waals surface area contributed by atoms with Gasteiger partial charge in [0.1, 0.15) is 6.26 Å². The van der Waals surface area contributed by atoms with Crippen LogP contribution in [0.1, 0.15) is 38.1 Å². The van der Waals surface area contributed by atoms with E-state index in [-0.39, 0.29) is 23.4 Å². The number of Topliss-reactive ketones (excluding diaryl/α,β-unsaturated/α-hetero) is 1. The van der Waals surface area contributed by atoms with Crippen LogP contribution in [-0.4, -0.2) is 22.6 Å². The second-order valence-corrected chi connectivity index (χ2v) is 5.45. The van der Waals surface area contributed by atoms with Crippen LogP contribution in [0.25, 0.3) is 0 Å². The van der Waals surface area contributed by atoms with Crippen LogP contribution in [0.5, 0.6) is 0 Å². The van der Waals surface area contributed by atoms with Crippen molar-refractivity contribution in [2.24, 2.45) is 0 Å². The van der Waals surface area contributed by atoms with Gasteiger partial charge >= 0.3 is 6.01 Å². The Morgan fingerprint density at radius 2 is 1.54 bits per heavy atom. The molecular formula is C19H15N3O4. The Morgan fingerprint density at radius 1 is 0.846 bits per heavy atom. The second-order valence-electron chi connectivity index (χ2n) is 5.45. The van der Waals surface area contributed by atoms with Crippen molar-refractivity contribution >= 4 is 29.3 Å². The Bertz CT molecular complexity index is 946. The number of nitrogens with zero attached hydrogens (tertiary/aromatic N) is 1. The van der Waals surface area contributed by atoms with Crippen LogP contribution in [0, 0.1) is 0 Å². The summed E-state index contributed by atoms with van der Waals surface area (Å²) < 4.78 is 5.12. The van der Waals surface area contributed by atoms with Gasteiger partial charge in [0, 0.05) is 16.8 Å². The van der Waals surface area contributed by atoms with Crippen LogP contribution in [0.15, 0.2) is 65.3 Å². The first-order chi connectivity index (χ1) is 12.5. The van der Waals surface area contributed by atoms with E-state index in [0.29, 0.717) is 16.8 Å². The molecule has 0 aliphatic rings. The van der Waals surface area contributed by atoms with Gasteiger partial charge in [-0.2, -0.15) is 4.98 Å². The number of ketones is 1. The van der Waals surface area contributed by atoms with Gasteiger partial charge in [-0.15, -0.1) is 0 Å². The summed E-state index contributed by atoms with van der Waals surface area (Å²) in [6, 6.07) is 15.0. The zero-order valence-electron chi connectivity index (χ0n) is 13.9. The molecule has 0 atom stereocenters. The standard InChI is InChI=1S/C19H15N3O4/c1-12(23)13-7-9-15(10-8-13)20-18(25)16-11-26-19(21-16)22-17(24)14-5-3-2-4-6-14/h2-11H,1H3,(H,20,25)(H,21,22,24). The molecule has 7 nitrogen and oxygen atoms in total. The van der Waals surface area contributed by atoms with Crippen molar-refractivity contribution in [1.29, 1.82) is 0 Å². The summed E-state index contributed by atoms with van der Waals surface area (Å²) >= 11 is 0. The molecule has 2 N–H and O–H groups in total. The maximum absolute atomic E-state index is 12.2. The zero-order valence-corrected chi connectivity index (χ0v) is 13.9. The fourth-order valence-electron chi connectivity index (χ4n) is 2.18. The number of anilines is 2. The van der Waals surface area contributed by atoms with Crippen LogP contribution in [0.2, 0.25) is 0 Å². The third kappa shape index (κ3) is 4.02. The molecular weight excluding hydrogens is 334 g/mol. The average Bonchev–Trinajstić information content (AvgIpc) is 3.11. The summed E-state index contributed by atoms with van der Waals surface area (Å²) in [6.07, 6.45) is 1.15. The Kier molecular flexibility index (Phi) is 4.89. The number of rotatable bonds is 5. The van der Waals surface area contributed by atoms with E-state index in [9.17, 15) is 14.4 Å². The maximum Gasteiger partial charge on any atom is 0.302 e. The summed E-state index contributed by atoms with van der Waals surface area (Å²) in [4.78, 5) is 39.4. The summed E-state index contributed by atoms with van der Waals surface area (Å²) in [5.74, 6) is -0.943. The largest absolute Gasteiger partial charge is 0.431 e. The van der Waals surface area contributed by atoms with E-state index in [2.05, 4.69) is 15.6 Å². The molecule has 0 fully saturated rings. The van der Waals surface area contributed by atoms with Gasteiger partial charge in [-0.25, -0.2) is 0 Å². The Labute approximate surface area is 149 Å². The van der Waals surface area contributed by atoms with Crippen LogP contribution >= 0.6 is 0 Å². The number of aromatic nitrogens is 1. The Balaban J connectivity index is 1.64. The SMILES string of the molecule is CC(=O)c1ccc(NC(=O)c2coc(NC(=O)c3ccccc3)n2)cc1. The highest BCUT2D eigenvalue weighted by molar-refractivity contribution is 6.05. The molecule has 1 aromatic heterocycles. The topological polar surface area (TPSA) is 101 Å². The van der Waals surface area contributed by atoms with Gasteiger partial charge in [0.25, 0.3) is 11.8 Å². The molecule has 130 valence electrons. The number of benzene rings is 2. The minimum atomic E-state index is -0.496. The third-order valence-electron chi connectivity index (χ3n) is 3.54. The molecule has 7 heteroatoms. The van der Waals surface area contributed by atoms with Gasteiger partial charge in [-0.3, -0.25) is 19.7 Å². The molecule has 26 heavy (non-hydrogen) atoms. The van der Waals surface area contributed by atoms with Crippen LogP contribution in [0.4, 0.5) is 11.7 Å². The lowest BCUT2D eigenvalue weighted by atomic mass is 10.1. The predicted octanol–water partition coefficient (Wildman–Crippen LogP) is 3.38. The molecule has 1 heterocycles. The fourth-order valence-corrected chi connectivity index (χ4v) is 2.18. The van der Waals surface area contributed by atoms with E-state index in [1.807, 2.05) is 0 Å². The molecule has 0 saturated heterocycles. The highest BCUT2D eigenvalue weighted by Crippen LogP contribution is 2.14. The number of nitrogens with one attached hydrogen (secondary N) is 2. The number of carbonyl (C=O) groups is 3. The minimum Gasteiger partial charge on any atom is -0.431 e. The molecule has 0 aliphatic heterocycles. The quantitative estimate of drug-likeness (QED) is 0.688. The molecule has 0 bridgehead atoms. The molecule has 0 unspecified atom stereocenters. The maximum atomic E-state index is 12.2. The third-order valence-corrected chi connectivity index (χ3v) is 3.54. The molecule has 0 spiro atoms. The molecule has 2 amide bonds. The van der Waals surface area contributed by atoms with Crippen molar-refractivity contribution in [2.45, 2.75) is 6.92 Å². The van der Waals surface area contributed by atoms with Gasteiger partial charge in [0.05, 0.1) is 0 Å². The first kappa shape index (κ1) is 17.1. The number of hydrogen-bond donors (Lipinski definition) is 2. The lowest BCUT2D eigenvalue weighted by Crippen LogP contribution is -2.14. The summed E-state index contributed by atoms with van der Waals surface area (Å²) in [6.45, 7) is 1.47. The minimum absolute atomic E-state index is 0.0176. The van der Waals surface area contributed by atoms with E-state index in [1.165, 1.54) is 6.92 Å². The van der Waals surface area contributed by atoms with E-state index in [4.69, 9.17) is 4.42 Å². The molecule has 0 radical (unpaired) electrons. The Morgan fingerprint density at radius 3 is 2.19 bits per heavy atom. The fraction of sp³-hybridized carbons (Fsp3) is 0.0526. The monoisotopic (exact) mass is 349 g/mol. The van der Waals surface area contributed by atoms with Crippen LogP contribution in [0.3, 0.4) is 0 Å². The second kappa shape index (κ2) is 7.43. The van der Waals surface area contributed by atoms with Crippen LogP contribution in [-0.2, 0) is 0 Å². The first-order valence-electron chi connectivity index (χ1n) is 7.77. The molecule has 3 aromatic rings. The summed E-state index contributed by atoms with van der Waals surface area (Å²) in [5, 5.41) is 5.12. The number of amides is 2. The van der Waals surface area contributed by atoms with E-state index in [0.717, 1.165) is 6.26 Å². The van der Waals surface area contributed by atoms with Gasteiger partial charge < -0.3 is 9.73 Å². The molecule has 0 saturated carbocycles. The smallest absolute Gasteiger partial charge is 0.302 e. The van der Waals surface area contributed by atoms with E-state index in [1.54, 1.807) is 54.6 Å². The highest BCUT2D eigenvalue weighted by Gasteiger charge is 2.15. The Hall–Kier alpha value is -3.74. The van der Waals surface area contributed by atoms with E-state index >= 15 is 0 Å². The summed E-state index contributed by atoms with van der Waals surface area (Å²) in [5.41, 5.74) is 1.53. The lowest BCUT2D eigenvalue weighted by Gasteiger charge is -2.03. The number of carbonyl (C=O) groups excluding carboxylic acids is 3. The van der Waals surface area contributed by atoms with Crippen molar-refractivity contribution in [3.8, 4) is 0 Å². The normalized spacial score (nSPS) is 10.2. The van der Waals surface area contributed by atoms with E-state index < -0.39 is 5.91 Å². The van der Waals surface area contributed by atoms with Crippen molar-refractivity contribution in [3.63, 3.8) is 0 Å². The number of hydrogen-bond acceptors (Lipinski definition) is 5. The number of oxazole rings is 1. The lowest BCUT2D eigenvalue weighted by molar-refractivity contribution is 0.101. The van der Waals surface area contributed by atoms with Gasteiger partial charge in [-0.1, -0.05) is 18.2 Å². The van der Waals surface area contributed by atoms with Gasteiger partial charge in [0.15, 0.2) is 11.5 Å². The zero-order chi connectivity index (χ0) is 18.5. The average molecular weight is 349 g/mol. The molecule has 0 aliphatic carbocycles. The highest BCUT2D eigenvalue weighted by atomic mass is 16.4. The van der Waals surface area contributed by atoms with Crippen molar-refractivity contribution in [2.75, 3.05) is 10.6 Å². The van der Waals surface area contributed by atoms with Gasteiger partial charge in [0.2, 0.25) is 0 Å². The molecule has 3 rings (SSSR count). The van der Waals surface area contributed by atoms with Crippen molar-refractivity contribution in [1.82, 2.24) is 4.98 Å². The van der Waals surface area contributed by atoms with Gasteiger partial charge in [-0.05, 0) is 43.3 Å². The molecule has 2 aromatic carbocycles. The summed E-state index contributed by atoms with van der Waals surface area (Å²) in [7, 11) is 0. The predicted molar refractivity (Wildman–Crippen MR) is 95.3 cm³/mol. The van der Waals surface area contributed by atoms with Crippen molar-refractivity contribution in [3.05, 3.63) is 77.7 Å².